The number of hydrogen-bond donors (Lipinski definition) is 7. The summed E-state index contributed by atoms with van der Waals surface area (Å²) in [6, 6.07) is 11.1. The van der Waals surface area contributed by atoms with Gasteiger partial charge in [0.15, 0.2) is 0 Å². The monoisotopic (exact) mass is 784 g/mol. The van der Waals surface area contributed by atoms with E-state index in [0.29, 0.717) is 36.7 Å². The molecule has 1 saturated carbocycles. The second-order valence-corrected chi connectivity index (χ2v) is 15.8. The molecule has 2 aromatic rings. The Kier molecular flexibility index (Phi) is 19.8. The van der Waals surface area contributed by atoms with Gasteiger partial charge in [0, 0.05) is 36.6 Å². The first kappa shape index (κ1) is 47.4. The first-order valence-electron chi connectivity index (χ1n) is 19.5. The molecule has 1 aliphatic carbocycles. The van der Waals surface area contributed by atoms with Crippen molar-refractivity contribution < 1.29 is 44.8 Å². The maximum Gasteiger partial charge on any atom is 0.316 e. The molecule has 15 nitrogen and oxygen atoms in total. The highest BCUT2D eigenvalue weighted by molar-refractivity contribution is 5.93. The van der Waals surface area contributed by atoms with Gasteiger partial charge >= 0.3 is 6.03 Å². The Bertz CT molecular complexity index is 1570. The molecule has 1 heterocycles. The van der Waals surface area contributed by atoms with Gasteiger partial charge in [-0.1, -0.05) is 90.1 Å². The molecule has 4 rings (SSSR count). The van der Waals surface area contributed by atoms with Gasteiger partial charge in [-0.05, 0) is 54.4 Å². The van der Waals surface area contributed by atoms with Gasteiger partial charge < -0.3 is 53.1 Å². The molecular formula is C41H64N6O9. The Hall–Kier alpha value is -4.73. The van der Waals surface area contributed by atoms with E-state index in [1.165, 1.54) is 0 Å². The number of anilines is 1. The molecule has 2 aliphatic rings. The number of hydrogen-bond acceptors (Lipinski definition) is 7. The molecule has 1 unspecified atom stereocenters. The fourth-order valence-electron chi connectivity index (χ4n) is 7.28. The summed E-state index contributed by atoms with van der Waals surface area (Å²) in [4.78, 5) is 65.8. The summed E-state index contributed by atoms with van der Waals surface area (Å²) < 4.78 is 5.79. The minimum atomic E-state index is -1.10. The number of nitrogens with one attached hydrogen (secondary N) is 5. The molecule has 56 heavy (non-hydrogen) atoms. The zero-order chi connectivity index (χ0) is 39.2. The number of rotatable bonds is 19. The van der Waals surface area contributed by atoms with Gasteiger partial charge in [0.25, 0.3) is 0 Å². The Balaban J connectivity index is 0.00000541. The lowest BCUT2D eigenvalue weighted by Gasteiger charge is -2.32. The van der Waals surface area contributed by atoms with Crippen molar-refractivity contribution in [3.8, 4) is 5.75 Å². The lowest BCUT2D eigenvalue weighted by molar-refractivity contribution is -0.133. The molecule has 0 aromatic heterocycles. The number of carbonyl (C=O) groups is 5. The van der Waals surface area contributed by atoms with E-state index in [0.717, 1.165) is 43.2 Å². The molecule has 0 bridgehead atoms. The van der Waals surface area contributed by atoms with Crippen LogP contribution in [0.15, 0.2) is 48.5 Å². The fourth-order valence-corrected chi connectivity index (χ4v) is 7.28. The van der Waals surface area contributed by atoms with Crippen LogP contribution in [0, 0.1) is 17.8 Å². The highest BCUT2D eigenvalue weighted by Crippen LogP contribution is 2.37. The lowest BCUT2D eigenvalue weighted by atomic mass is 9.83. The summed E-state index contributed by atoms with van der Waals surface area (Å²) in [5.41, 5.74) is 7.34. The summed E-state index contributed by atoms with van der Waals surface area (Å²) in [5, 5.41) is 25.6. The molecule has 0 saturated heterocycles. The Labute approximate surface area is 330 Å². The van der Waals surface area contributed by atoms with Gasteiger partial charge in [-0.2, -0.15) is 0 Å². The highest BCUT2D eigenvalue weighted by Gasteiger charge is 2.34. The highest BCUT2D eigenvalue weighted by atomic mass is 16.5. The van der Waals surface area contributed by atoms with Crippen molar-refractivity contribution in [2.24, 2.45) is 23.5 Å². The molecule has 0 radical (unpaired) electrons. The molecule has 0 spiro atoms. The summed E-state index contributed by atoms with van der Waals surface area (Å²) in [6.07, 6.45) is 5.15. The lowest BCUT2D eigenvalue weighted by Crippen LogP contribution is -2.57. The molecule has 2 aromatic carbocycles. The van der Waals surface area contributed by atoms with Crippen molar-refractivity contribution in [3.05, 3.63) is 59.7 Å². The van der Waals surface area contributed by atoms with Crippen LogP contribution in [0.25, 0.3) is 0 Å². The number of benzene rings is 2. The third kappa shape index (κ3) is 15.4. The number of urea groups is 1. The van der Waals surface area contributed by atoms with Crippen molar-refractivity contribution in [1.29, 1.82) is 0 Å². The molecular weight excluding hydrogens is 720 g/mol. The summed E-state index contributed by atoms with van der Waals surface area (Å²) in [5.74, 6) is -0.730. The van der Waals surface area contributed by atoms with Crippen molar-refractivity contribution in [2.45, 2.75) is 122 Å². The predicted octanol–water partition coefficient (Wildman–Crippen LogP) is 2.63. The number of primary amides is 1. The van der Waals surface area contributed by atoms with E-state index in [9.17, 15) is 29.1 Å². The van der Waals surface area contributed by atoms with E-state index in [2.05, 4.69) is 26.6 Å². The molecule has 1 aliphatic heterocycles. The Morgan fingerprint density at radius 1 is 0.839 bits per heavy atom. The van der Waals surface area contributed by atoms with Crippen LogP contribution in [-0.2, 0) is 25.6 Å². The topological polar surface area (TPSA) is 264 Å². The number of ether oxygens (including phenoxy) is 1. The maximum absolute atomic E-state index is 14.1. The van der Waals surface area contributed by atoms with Crippen molar-refractivity contribution in [3.63, 3.8) is 0 Å². The summed E-state index contributed by atoms with van der Waals surface area (Å²) >= 11 is 0. The van der Waals surface area contributed by atoms with Crippen molar-refractivity contribution in [1.82, 2.24) is 21.3 Å². The van der Waals surface area contributed by atoms with E-state index in [1.807, 2.05) is 58.0 Å². The van der Waals surface area contributed by atoms with Crippen LogP contribution in [0.1, 0.15) is 103 Å². The van der Waals surface area contributed by atoms with Gasteiger partial charge in [-0.3, -0.25) is 19.2 Å². The van der Waals surface area contributed by atoms with Gasteiger partial charge in [0.2, 0.25) is 23.6 Å². The average Bonchev–Trinajstić information content (AvgIpc) is 3.51. The molecule has 5 atom stereocenters. The summed E-state index contributed by atoms with van der Waals surface area (Å²) in [7, 11) is 0. The Morgan fingerprint density at radius 2 is 1.52 bits per heavy atom. The molecule has 1 fully saturated rings. The third-order valence-electron chi connectivity index (χ3n) is 10.1. The van der Waals surface area contributed by atoms with Crippen LogP contribution in [-0.4, -0.2) is 83.1 Å². The quantitative estimate of drug-likeness (QED) is 0.112. The van der Waals surface area contributed by atoms with Crippen LogP contribution < -0.4 is 37.1 Å². The van der Waals surface area contributed by atoms with Gasteiger partial charge in [0.1, 0.15) is 17.8 Å². The van der Waals surface area contributed by atoms with Crippen LogP contribution >= 0.6 is 0 Å². The van der Waals surface area contributed by atoms with Gasteiger partial charge in [-0.25, -0.2) is 4.79 Å². The first-order valence-corrected chi connectivity index (χ1v) is 19.5. The zero-order valence-corrected chi connectivity index (χ0v) is 33.2. The standard InChI is InChI=1S/C41H60N6O7.2H2O/c1-25(2)17-33(39(51)46-32(18-27-11-7-5-8-12-27)35(48)22-37(49)43-23-26(3)4)47-40(52)34(19-28-13-9-6-10-14-28)45-38(50)20-29-24-54-36-16-15-30(21-31(29)36)44-41(42)53;;/h6,9-10,13-16,21,25-27,29,32-35,48H,5,7-8,11-12,17-20,22-24H2,1-4H3,(H,43,49)(H,45,50)(H,46,51)(H,47,52)(H3,42,44,53);2*1H2/t29?,32-,33-,34-,35-;;/m0../s1. The molecule has 312 valence electrons. The van der Waals surface area contributed by atoms with E-state index in [-0.39, 0.29) is 66.4 Å². The Morgan fingerprint density at radius 3 is 2.16 bits per heavy atom. The molecule has 12 N–H and O–H groups in total. The van der Waals surface area contributed by atoms with E-state index >= 15 is 0 Å². The average molecular weight is 785 g/mol. The molecule has 6 amide bonds. The van der Waals surface area contributed by atoms with Crippen LogP contribution in [0.3, 0.4) is 0 Å². The first-order chi connectivity index (χ1) is 25.8. The zero-order valence-electron chi connectivity index (χ0n) is 33.2. The number of nitrogens with two attached hydrogens (primary N) is 1. The second-order valence-electron chi connectivity index (χ2n) is 15.8. The minimum Gasteiger partial charge on any atom is -0.493 e. The van der Waals surface area contributed by atoms with E-state index < -0.39 is 42.1 Å². The second kappa shape index (κ2) is 23.4. The predicted molar refractivity (Wildman–Crippen MR) is 215 cm³/mol. The normalized spacial score (nSPS) is 17.1. The SMILES string of the molecule is CC(C)CNC(=O)C[C@H](O)[C@H](CC1CCCCC1)NC(=O)[C@H](CC(C)C)NC(=O)[C@H](Cc1ccccc1)NC(=O)CC1COc2ccc(NC(N)=O)cc21.O.O. The van der Waals surface area contributed by atoms with E-state index in [4.69, 9.17) is 10.5 Å². The fraction of sp³-hybridized carbons (Fsp3) is 0.585. The number of fused-ring (bicyclic) bond motifs is 1. The number of aliphatic hydroxyl groups excluding tert-OH is 1. The largest absolute Gasteiger partial charge is 0.493 e. The van der Waals surface area contributed by atoms with Crippen LogP contribution in [0.5, 0.6) is 5.75 Å². The minimum absolute atomic E-state index is 0. The third-order valence-corrected chi connectivity index (χ3v) is 10.1. The number of amides is 6. The van der Waals surface area contributed by atoms with Gasteiger partial charge in [-0.15, -0.1) is 0 Å². The van der Waals surface area contributed by atoms with Crippen LogP contribution in [0.2, 0.25) is 0 Å². The van der Waals surface area contributed by atoms with Gasteiger partial charge in [0.05, 0.1) is 25.2 Å². The van der Waals surface area contributed by atoms with Crippen molar-refractivity contribution >= 4 is 35.3 Å². The van der Waals surface area contributed by atoms with E-state index in [1.54, 1.807) is 18.2 Å². The van der Waals surface area contributed by atoms with Crippen LogP contribution in [0.4, 0.5) is 10.5 Å². The summed E-state index contributed by atoms with van der Waals surface area (Å²) in [6.45, 7) is 8.64. The molecule has 15 heteroatoms. The number of aliphatic hydroxyl groups is 1. The maximum atomic E-state index is 14.1. The smallest absolute Gasteiger partial charge is 0.316 e. The number of carbonyl (C=O) groups excluding carboxylic acids is 5. The van der Waals surface area contributed by atoms with Crippen molar-refractivity contribution in [2.75, 3.05) is 18.5 Å².